The second-order valence-electron chi connectivity index (χ2n) is 6.10. The lowest BCUT2D eigenvalue weighted by atomic mass is 9.86. The van der Waals surface area contributed by atoms with Gasteiger partial charge in [0.2, 0.25) is 0 Å². The molecule has 0 aromatic heterocycles. The quantitative estimate of drug-likeness (QED) is 0.817. The van der Waals surface area contributed by atoms with Crippen LogP contribution >= 0.6 is 11.8 Å². The number of hydrogen-bond donors (Lipinski definition) is 1. The van der Waals surface area contributed by atoms with Crippen molar-refractivity contribution in [1.82, 2.24) is 5.32 Å². The van der Waals surface area contributed by atoms with Crippen molar-refractivity contribution in [3.8, 4) is 0 Å². The summed E-state index contributed by atoms with van der Waals surface area (Å²) in [5, 5.41) is 4.61. The van der Waals surface area contributed by atoms with Crippen LogP contribution in [0.2, 0.25) is 0 Å². The maximum atomic E-state index is 4.73. The van der Waals surface area contributed by atoms with Gasteiger partial charge in [-0.2, -0.15) is 0 Å². The highest BCUT2D eigenvalue weighted by Crippen LogP contribution is 2.24. The lowest BCUT2D eigenvalue weighted by Gasteiger charge is -2.23. The fourth-order valence-electron chi connectivity index (χ4n) is 2.08. The molecule has 0 aromatic carbocycles. The molecular weight excluding hydrogens is 216 g/mol. The highest BCUT2D eigenvalue weighted by molar-refractivity contribution is 8.14. The lowest BCUT2D eigenvalue weighted by molar-refractivity contribution is 0.298. The van der Waals surface area contributed by atoms with Gasteiger partial charge in [0.1, 0.15) is 0 Å². The normalized spacial score (nSPS) is 22.4. The summed E-state index contributed by atoms with van der Waals surface area (Å²) in [6.07, 6.45) is 0. The van der Waals surface area contributed by atoms with Crippen molar-refractivity contribution in [2.45, 2.75) is 47.1 Å². The average Bonchev–Trinajstić information content (AvgIpc) is 2.44. The fraction of sp³-hybridized carbons (Fsp3) is 0.923. The van der Waals surface area contributed by atoms with Crippen LogP contribution in [0.1, 0.15) is 41.5 Å². The van der Waals surface area contributed by atoms with Crippen LogP contribution in [-0.2, 0) is 0 Å². The molecule has 0 spiro atoms. The molecule has 1 aliphatic rings. The zero-order valence-corrected chi connectivity index (χ0v) is 12.3. The van der Waals surface area contributed by atoms with Crippen molar-refractivity contribution >= 4 is 16.9 Å². The summed E-state index contributed by atoms with van der Waals surface area (Å²) in [5.41, 5.74) is 0.217. The number of nitrogens with zero attached hydrogens (tertiary/aromatic N) is 1. The lowest BCUT2D eigenvalue weighted by Crippen LogP contribution is -2.37. The Hall–Kier alpha value is -0.180. The minimum Gasteiger partial charge on any atom is -0.359 e. The van der Waals surface area contributed by atoms with E-state index in [-0.39, 0.29) is 5.54 Å². The van der Waals surface area contributed by atoms with Gasteiger partial charge < -0.3 is 5.32 Å². The molecule has 0 unspecified atom stereocenters. The van der Waals surface area contributed by atoms with Crippen molar-refractivity contribution in [3.63, 3.8) is 0 Å². The van der Waals surface area contributed by atoms with Gasteiger partial charge in [-0.25, -0.2) is 0 Å². The van der Waals surface area contributed by atoms with Crippen LogP contribution in [0.25, 0.3) is 0 Å². The fourth-order valence-corrected chi connectivity index (χ4v) is 3.16. The summed E-state index contributed by atoms with van der Waals surface area (Å²) in [6, 6.07) is 0. The maximum absolute atomic E-state index is 4.73. The van der Waals surface area contributed by atoms with Crippen LogP contribution in [0, 0.1) is 17.8 Å². The highest BCUT2D eigenvalue weighted by atomic mass is 32.2. The molecule has 16 heavy (non-hydrogen) atoms. The summed E-state index contributed by atoms with van der Waals surface area (Å²) in [6.45, 7) is 14.6. The van der Waals surface area contributed by atoms with Gasteiger partial charge in [-0.05, 0) is 31.6 Å². The number of amidine groups is 1. The Balaban J connectivity index is 2.52. The third kappa shape index (κ3) is 4.00. The number of aliphatic imine (C=N–C) groups is 1. The molecule has 0 aliphatic carbocycles. The molecule has 3 heteroatoms. The first-order valence-corrected chi connectivity index (χ1v) is 7.26. The molecule has 1 saturated heterocycles. The molecule has 0 radical (unpaired) electrons. The first-order valence-electron chi connectivity index (χ1n) is 6.27. The third-order valence-electron chi connectivity index (χ3n) is 3.17. The topological polar surface area (TPSA) is 24.4 Å². The molecular formula is C13H26N2S. The predicted molar refractivity (Wildman–Crippen MR) is 75.1 cm³/mol. The second kappa shape index (κ2) is 5.44. The molecule has 0 amide bonds. The number of nitrogens with one attached hydrogen (secondary N) is 1. The van der Waals surface area contributed by atoms with Crippen molar-refractivity contribution in [3.05, 3.63) is 0 Å². The van der Waals surface area contributed by atoms with E-state index in [1.165, 1.54) is 0 Å². The van der Waals surface area contributed by atoms with E-state index in [1.807, 2.05) is 11.8 Å². The van der Waals surface area contributed by atoms with Crippen molar-refractivity contribution in [1.29, 1.82) is 0 Å². The predicted octanol–water partition coefficient (Wildman–Crippen LogP) is 3.39. The molecule has 94 valence electrons. The van der Waals surface area contributed by atoms with Crippen molar-refractivity contribution < 1.29 is 0 Å². The molecule has 0 atom stereocenters. The van der Waals surface area contributed by atoms with Crippen LogP contribution in [0.15, 0.2) is 4.99 Å². The van der Waals surface area contributed by atoms with E-state index in [0.29, 0.717) is 17.8 Å². The van der Waals surface area contributed by atoms with Gasteiger partial charge in [-0.15, -0.1) is 0 Å². The zero-order chi connectivity index (χ0) is 12.3. The Bertz CT molecular complexity index is 249. The Morgan fingerprint density at radius 2 is 1.81 bits per heavy atom. The number of rotatable bonds is 4. The molecule has 0 bridgehead atoms. The number of thioether (sulfide) groups is 1. The smallest absolute Gasteiger partial charge is 0.157 e. The second-order valence-corrected chi connectivity index (χ2v) is 7.06. The van der Waals surface area contributed by atoms with Crippen LogP contribution < -0.4 is 5.32 Å². The van der Waals surface area contributed by atoms with Gasteiger partial charge in [-0.3, -0.25) is 4.99 Å². The Kier molecular flexibility index (Phi) is 4.72. The van der Waals surface area contributed by atoms with Crippen LogP contribution in [-0.4, -0.2) is 23.0 Å². The molecule has 2 nitrogen and oxygen atoms in total. The highest BCUT2D eigenvalue weighted by Gasteiger charge is 2.27. The largest absolute Gasteiger partial charge is 0.359 e. The third-order valence-corrected chi connectivity index (χ3v) is 4.54. The molecule has 1 fully saturated rings. The monoisotopic (exact) mass is 242 g/mol. The first-order chi connectivity index (χ1) is 7.32. The van der Waals surface area contributed by atoms with Gasteiger partial charge in [-0.1, -0.05) is 39.5 Å². The average molecular weight is 242 g/mol. The minimum absolute atomic E-state index is 0.217. The summed E-state index contributed by atoms with van der Waals surface area (Å²) < 4.78 is 0. The van der Waals surface area contributed by atoms with Gasteiger partial charge in [0.25, 0.3) is 0 Å². The van der Waals surface area contributed by atoms with E-state index in [9.17, 15) is 0 Å². The van der Waals surface area contributed by atoms with E-state index in [4.69, 9.17) is 4.99 Å². The number of hydrogen-bond acceptors (Lipinski definition) is 2. The zero-order valence-electron chi connectivity index (χ0n) is 11.5. The SMILES string of the molecule is CC(C)C(CN=C1NC(C)(C)CS1)C(C)C. The van der Waals surface area contributed by atoms with Gasteiger partial charge >= 0.3 is 0 Å². The minimum atomic E-state index is 0.217. The Morgan fingerprint density at radius 1 is 1.25 bits per heavy atom. The molecule has 1 heterocycles. The van der Waals surface area contributed by atoms with Gasteiger partial charge in [0.15, 0.2) is 5.17 Å². The van der Waals surface area contributed by atoms with E-state index < -0.39 is 0 Å². The van der Waals surface area contributed by atoms with E-state index in [0.717, 1.165) is 17.5 Å². The van der Waals surface area contributed by atoms with Crippen LogP contribution in [0.3, 0.4) is 0 Å². The molecule has 1 aliphatic heterocycles. The van der Waals surface area contributed by atoms with E-state index in [1.54, 1.807) is 0 Å². The molecule has 1 rings (SSSR count). The van der Waals surface area contributed by atoms with E-state index >= 15 is 0 Å². The Morgan fingerprint density at radius 3 is 2.19 bits per heavy atom. The van der Waals surface area contributed by atoms with Crippen LogP contribution in [0.4, 0.5) is 0 Å². The standard InChI is InChI=1S/C13H26N2S/c1-9(2)11(10(3)4)7-14-12-15-13(5,6)8-16-12/h9-11H,7-8H2,1-6H3,(H,14,15). The van der Waals surface area contributed by atoms with Gasteiger partial charge in [0, 0.05) is 17.8 Å². The van der Waals surface area contributed by atoms with E-state index in [2.05, 4.69) is 46.9 Å². The summed E-state index contributed by atoms with van der Waals surface area (Å²) in [4.78, 5) is 4.73. The van der Waals surface area contributed by atoms with Crippen molar-refractivity contribution in [2.75, 3.05) is 12.3 Å². The molecule has 0 aromatic rings. The van der Waals surface area contributed by atoms with Crippen molar-refractivity contribution in [2.24, 2.45) is 22.7 Å². The molecule has 1 N–H and O–H groups in total. The molecule has 0 saturated carbocycles. The summed E-state index contributed by atoms with van der Waals surface area (Å²) in [5.74, 6) is 3.24. The van der Waals surface area contributed by atoms with Gasteiger partial charge in [0.05, 0.1) is 0 Å². The summed E-state index contributed by atoms with van der Waals surface area (Å²) in [7, 11) is 0. The maximum Gasteiger partial charge on any atom is 0.157 e. The van der Waals surface area contributed by atoms with Crippen LogP contribution in [0.5, 0.6) is 0 Å². The summed E-state index contributed by atoms with van der Waals surface area (Å²) >= 11 is 1.85. The Labute approximate surface area is 105 Å². The first kappa shape index (κ1) is 13.9.